The molecule has 31 heavy (non-hydrogen) atoms. The highest BCUT2D eigenvalue weighted by Gasteiger charge is 2.43. The maximum absolute atomic E-state index is 12.7. The van der Waals surface area contributed by atoms with Gasteiger partial charge in [-0.1, -0.05) is 29.8 Å². The largest absolute Gasteiger partial charge is 0.322 e. The number of hydrogen-bond donors (Lipinski definition) is 4. The second kappa shape index (κ2) is 7.56. The summed E-state index contributed by atoms with van der Waals surface area (Å²) in [7, 11) is 0. The highest BCUT2D eigenvalue weighted by Crippen LogP contribution is 2.26. The first-order chi connectivity index (χ1) is 14.8. The molecule has 0 saturated carbocycles. The van der Waals surface area contributed by atoms with Gasteiger partial charge in [0, 0.05) is 5.69 Å². The van der Waals surface area contributed by atoms with Gasteiger partial charge in [0.1, 0.15) is 12.1 Å². The van der Waals surface area contributed by atoms with E-state index < -0.39 is 23.4 Å². The minimum absolute atomic E-state index is 0.0243. The van der Waals surface area contributed by atoms with Crippen LogP contribution in [0, 0.1) is 6.92 Å². The Morgan fingerprint density at radius 3 is 2.55 bits per heavy atom. The van der Waals surface area contributed by atoms with Gasteiger partial charge < -0.3 is 10.6 Å². The molecule has 10 heteroatoms. The van der Waals surface area contributed by atoms with Crippen LogP contribution in [-0.4, -0.2) is 36.1 Å². The zero-order chi connectivity index (χ0) is 22.2. The second-order valence-electron chi connectivity index (χ2n) is 7.41. The van der Waals surface area contributed by atoms with Crippen LogP contribution < -0.4 is 26.4 Å². The van der Waals surface area contributed by atoms with Crippen molar-refractivity contribution in [1.29, 1.82) is 0 Å². The number of urea groups is 1. The summed E-state index contributed by atoms with van der Waals surface area (Å²) in [6.45, 7) is 3.34. The van der Waals surface area contributed by atoms with Crippen molar-refractivity contribution in [2.75, 3.05) is 16.9 Å². The van der Waals surface area contributed by atoms with E-state index in [0.717, 1.165) is 5.56 Å². The number of carbonyl (C=O) groups excluding carboxylic acids is 4. The molecule has 0 bridgehead atoms. The lowest BCUT2D eigenvalue weighted by Crippen LogP contribution is -2.54. The van der Waals surface area contributed by atoms with Gasteiger partial charge in [0.15, 0.2) is 0 Å². The number of aliphatic imine (C=N–C) groups is 1. The first-order valence-electron chi connectivity index (χ1n) is 9.52. The summed E-state index contributed by atoms with van der Waals surface area (Å²) in [4.78, 5) is 52.7. The summed E-state index contributed by atoms with van der Waals surface area (Å²) in [5, 5.41) is 8.76. The first-order valence-corrected chi connectivity index (χ1v) is 9.52. The van der Waals surface area contributed by atoms with Crippen LogP contribution in [0.1, 0.15) is 18.1 Å². The van der Waals surface area contributed by atoms with Crippen LogP contribution in [0.4, 0.5) is 16.2 Å². The standard InChI is InChI=1S/C21H20N6O4/c1-12-6-8-15(9-7-12)27-16(28)11-22-17(26-27)18(29)23-14-5-3-4-13(10-14)21(2)19(30)24-20(31)25-21/h3-10H,11H2,1-2H3,(H,22,26)(H,23,29)(H2,24,25,30,31). The highest BCUT2D eigenvalue weighted by molar-refractivity contribution is 6.43. The number of nitrogens with one attached hydrogen (secondary N) is 4. The number of benzene rings is 2. The van der Waals surface area contributed by atoms with Gasteiger partial charge in [-0.3, -0.25) is 30.1 Å². The molecule has 1 unspecified atom stereocenters. The monoisotopic (exact) mass is 420 g/mol. The van der Waals surface area contributed by atoms with Gasteiger partial charge in [0.25, 0.3) is 17.7 Å². The smallest absolute Gasteiger partial charge is 0.320 e. The fourth-order valence-electron chi connectivity index (χ4n) is 3.29. The molecule has 0 radical (unpaired) electrons. The van der Waals surface area contributed by atoms with Crippen LogP contribution in [0.5, 0.6) is 0 Å². The molecule has 2 aliphatic heterocycles. The third-order valence-electron chi connectivity index (χ3n) is 5.09. The van der Waals surface area contributed by atoms with Crippen molar-refractivity contribution in [3.05, 3.63) is 59.7 Å². The number of rotatable bonds is 4. The number of hydrogen-bond acceptors (Lipinski definition) is 6. The molecule has 4 N–H and O–H groups in total. The van der Waals surface area contributed by atoms with E-state index in [0.29, 0.717) is 16.9 Å². The van der Waals surface area contributed by atoms with Crippen LogP contribution >= 0.6 is 0 Å². The lowest BCUT2D eigenvalue weighted by atomic mass is 9.92. The minimum atomic E-state index is -1.24. The number of aryl methyl sites for hydroxylation is 1. The van der Waals surface area contributed by atoms with E-state index in [1.165, 1.54) is 5.01 Å². The molecule has 0 aromatic heterocycles. The highest BCUT2D eigenvalue weighted by atomic mass is 16.2. The Bertz CT molecular complexity index is 1130. The number of amides is 5. The maximum atomic E-state index is 12.7. The lowest BCUT2D eigenvalue weighted by Gasteiger charge is -2.27. The van der Waals surface area contributed by atoms with E-state index in [4.69, 9.17) is 0 Å². The molecular weight excluding hydrogens is 400 g/mol. The number of carbonyl (C=O) groups is 4. The number of imide groups is 1. The Morgan fingerprint density at radius 1 is 1.13 bits per heavy atom. The third kappa shape index (κ3) is 3.82. The number of amidine groups is 1. The van der Waals surface area contributed by atoms with Gasteiger partial charge in [-0.15, -0.1) is 0 Å². The summed E-state index contributed by atoms with van der Waals surface area (Å²) in [5.74, 6) is -1.35. The molecule has 1 saturated heterocycles. The normalized spacial score (nSPS) is 20.5. The van der Waals surface area contributed by atoms with Crippen molar-refractivity contribution >= 4 is 41.0 Å². The molecule has 2 aliphatic rings. The molecule has 2 aromatic rings. The average molecular weight is 420 g/mol. The fraction of sp³-hybridized carbons (Fsp3) is 0.190. The zero-order valence-electron chi connectivity index (χ0n) is 16.9. The van der Waals surface area contributed by atoms with Crippen molar-refractivity contribution in [2.24, 2.45) is 4.99 Å². The molecule has 1 atom stereocenters. The number of nitrogens with zero attached hydrogens (tertiary/aromatic N) is 2. The molecule has 2 aromatic carbocycles. The fourth-order valence-corrected chi connectivity index (χ4v) is 3.29. The molecular formula is C21H20N6O4. The van der Waals surface area contributed by atoms with Crippen LogP contribution in [0.15, 0.2) is 53.5 Å². The van der Waals surface area contributed by atoms with Crippen molar-refractivity contribution in [1.82, 2.24) is 16.1 Å². The summed E-state index contributed by atoms with van der Waals surface area (Å²) in [6, 6.07) is 13.3. The molecule has 5 amide bonds. The van der Waals surface area contributed by atoms with E-state index in [1.807, 2.05) is 19.1 Å². The molecule has 2 heterocycles. The second-order valence-corrected chi connectivity index (χ2v) is 7.41. The summed E-state index contributed by atoms with van der Waals surface area (Å²) in [6.07, 6.45) is 0. The zero-order valence-corrected chi connectivity index (χ0v) is 16.9. The average Bonchev–Trinajstić information content (AvgIpc) is 3.01. The van der Waals surface area contributed by atoms with Gasteiger partial charge in [0.2, 0.25) is 5.84 Å². The van der Waals surface area contributed by atoms with E-state index in [1.54, 1.807) is 43.3 Å². The summed E-state index contributed by atoms with van der Waals surface area (Å²) in [5.41, 5.74) is 4.05. The van der Waals surface area contributed by atoms with E-state index in [2.05, 4.69) is 26.4 Å². The Kier molecular flexibility index (Phi) is 4.90. The Morgan fingerprint density at radius 2 is 1.87 bits per heavy atom. The SMILES string of the molecule is Cc1ccc(N2NC(C(=O)Nc3cccc(C4(C)NC(=O)NC4=O)c3)=NCC2=O)cc1. The number of anilines is 2. The topological polar surface area (TPSA) is 132 Å². The van der Waals surface area contributed by atoms with Crippen LogP contribution in [-0.2, 0) is 19.9 Å². The van der Waals surface area contributed by atoms with Crippen molar-refractivity contribution in [3.8, 4) is 0 Å². The Hall–Kier alpha value is -4.21. The third-order valence-corrected chi connectivity index (χ3v) is 5.09. The molecule has 158 valence electrons. The maximum Gasteiger partial charge on any atom is 0.322 e. The quantitative estimate of drug-likeness (QED) is 0.547. The van der Waals surface area contributed by atoms with Gasteiger partial charge in [-0.25, -0.2) is 9.80 Å². The van der Waals surface area contributed by atoms with Crippen LogP contribution in [0.3, 0.4) is 0 Å². The summed E-state index contributed by atoms with van der Waals surface area (Å²) < 4.78 is 0. The van der Waals surface area contributed by atoms with Crippen molar-refractivity contribution < 1.29 is 19.2 Å². The van der Waals surface area contributed by atoms with E-state index >= 15 is 0 Å². The molecule has 0 spiro atoms. The van der Waals surface area contributed by atoms with Crippen LogP contribution in [0.25, 0.3) is 0 Å². The first kappa shape index (κ1) is 20.1. The van der Waals surface area contributed by atoms with Gasteiger partial charge in [0.05, 0.1) is 5.69 Å². The Balaban J connectivity index is 1.51. The molecule has 0 aliphatic carbocycles. The van der Waals surface area contributed by atoms with Crippen molar-refractivity contribution in [2.45, 2.75) is 19.4 Å². The minimum Gasteiger partial charge on any atom is -0.320 e. The predicted octanol–water partition coefficient (Wildman–Crippen LogP) is 0.938. The summed E-state index contributed by atoms with van der Waals surface area (Å²) >= 11 is 0. The molecule has 10 nitrogen and oxygen atoms in total. The van der Waals surface area contributed by atoms with Crippen LogP contribution in [0.2, 0.25) is 0 Å². The van der Waals surface area contributed by atoms with E-state index in [-0.39, 0.29) is 18.3 Å². The van der Waals surface area contributed by atoms with E-state index in [9.17, 15) is 19.2 Å². The molecule has 4 rings (SSSR count). The predicted molar refractivity (Wildman–Crippen MR) is 113 cm³/mol. The van der Waals surface area contributed by atoms with Crippen molar-refractivity contribution in [3.63, 3.8) is 0 Å². The Labute approximate surface area is 177 Å². The lowest BCUT2D eigenvalue weighted by molar-refractivity contribution is -0.123. The molecule has 1 fully saturated rings. The number of hydrazine groups is 1. The van der Waals surface area contributed by atoms with Gasteiger partial charge in [-0.05, 0) is 43.7 Å². The van der Waals surface area contributed by atoms with Gasteiger partial charge >= 0.3 is 6.03 Å². The van der Waals surface area contributed by atoms with Gasteiger partial charge in [-0.2, -0.15) is 0 Å².